The Balaban J connectivity index is 1.69. The Hall–Kier alpha value is -2.84. The van der Waals surface area contributed by atoms with Gasteiger partial charge < -0.3 is 14.6 Å². The lowest BCUT2D eigenvalue weighted by Gasteiger charge is -2.14. The predicted octanol–water partition coefficient (Wildman–Crippen LogP) is 3.99. The molecule has 8 heteroatoms. The maximum Gasteiger partial charge on any atom is 0.306 e. The molecule has 1 N–H and O–H groups in total. The number of rotatable bonds is 9. The lowest BCUT2D eigenvalue weighted by atomic mass is 10.1. The molecule has 0 aliphatic carbocycles. The molecule has 1 saturated heterocycles. The first-order valence-electron chi connectivity index (χ1n) is 9.30. The molecule has 3 rings (SSSR count). The van der Waals surface area contributed by atoms with Crippen LogP contribution in [-0.2, 0) is 16.0 Å². The van der Waals surface area contributed by atoms with Gasteiger partial charge in [0.15, 0.2) is 11.5 Å². The Morgan fingerprint density at radius 3 is 2.67 bits per heavy atom. The van der Waals surface area contributed by atoms with Crippen molar-refractivity contribution in [2.75, 3.05) is 20.3 Å². The van der Waals surface area contributed by atoms with Gasteiger partial charge in [-0.2, -0.15) is 0 Å². The van der Waals surface area contributed by atoms with Gasteiger partial charge in [0.1, 0.15) is 4.32 Å². The third kappa shape index (κ3) is 5.61. The molecule has 0 unspecified atom stereocenters. The third-order valence-electron chi connectivity index (χ3n) is 4.40. The monoisotopic (exact) mass is 443 g/mol. The molecule has 2 aromatic rings. The molecule has 1 aliphatic heterocycles. The molecular weight excluding hydrogens is 422 g/mol. The van der Waals surface area contributed by atoms with Crippen LogP contribution in [0.15, 0.2) is 53.4 Å². The number of benzene rings is 2. The molecule has 0 radical (unpaired) electrons. The second kappa shape index (κ2) is 10.3. The van der Waals surface area contributed by atoms with E-state index < -0.39 is 5.97 Å². The fraction of sp³-hybridized carbons (Fsp3) is 0.227. The van der Waals surface area contributed by atoms with Crippen molar-refractivity contribution in [3.63, 3.8) is 0 Å². The molecule has 0 bridgehead atoms. The minimum absolute atomic E-state index is 0.0467. The Bertz CT molecular complexity index is 975. The van der Waals surface area contributed by atoms with Gasteiger partial charge in [-0.25, -0.2) is 0 Å². The van der Waals surface area contributed by atoms with Crippen molar-refractivity contribution in [3.05, 3.63) is 64.6 Å². The average Bonchev–Trinajstić information content (AvgIpc) is 3.00. The largest absolute Gasteiger partial charge is 0.493 e. The summed E-state index contributed by atoms with van der Waals surface area (Å²) in [5.41, 5.74) is 1.92. The van der Waals surface area contributed by atoms with Crippen LogP contribution in [0, 0.1) is 0 Å². The number of ether oxygens (including phenoxy) is 2. The minimum Gasteiger partial charge on any atom is -0.493 e. The summed E-state index contributed by atoms with van der Waals surface area (Å²) in [6.07, 6.45) is 2.40. The fourth-order valence-corrected chi connectivity index (χ4v) is 4.18. The predicted molar refractivity (Wildman–Crippen MR) is 121 cm³/mol. The second-order valence-corrected chi connectivity index (χ2v) is 8.15. The number of thioether (sulfide) groups is 1. The highest BCUT2D eigenvalue weighted by Crippen LogP contribution is 2.34. The zero-order chi connectivity index (χ0) is 21.5. The van der Waals surface area contributed by atoms with Gasteiger partial charge in [-0.3, -0.25) is 14.5 Å². The van der Waals surface area contributed by atoms with Crippen molar-refractivity contribution in [2.45, 2.75) is 12.8 Å². The summed E-state index contributed by atoms with van der Waals surface area (Å²) in [6, 6.07) is 15.2. The van der Waals surface area contributed by atoms with E-state index in [-0.39, 0.29) is 18.9 Å². The van der Waals surface area contributed by atoms with Crippen LogP contribution < -0.4 is 9.47 Å². The highest BCUT2D eigenvalue weighted by molar-refractivity contribution is 8.26. The van der Waals surface area contributed by atoms with Crippen LogP contribution >= 0.6 is 24.0 Å². The van der Waals surface area contributed by atoms with Crippen molar-refractivity contribution < 1.29 is 24.2 Å². The van der Waals surface area contributed by atoms with Gasteiger partial charge in [0.05, 0.1) is 25.0 Å². The zero-order valence-corrected chi connectivity index (χ0v) is 18.0. The van der Waals surface area contributed by atoms with Crippen LogP contribution in [-0.4, -0.2) is 46.5 Å². The van der Waals surface area contributed by atoms with Crippen LogP contribution in [0.5, 0.6) is 11.5 Å². The van der Waals surface area contributed by atoms with Crippen molar-refractivity contribution in [2.24, 2.45) is 0 Å². The van der Waals surface area contributed by atoms with Crippen LogP contribution in [0.3, 0.4) is 0 Å². The van der Waals surface area contributed by atoms with Gasteiger partial charge >= 0.3 is 5.97 Å². The summed E-state index contributed by atoms with van der Waals surface area (Å²) in [4.78, 5) is 25.6. The molecule has 0 aromatic heterocycles. The number of amides is 1. The number of methoxy groups -OCH3 is 1. The van der Waals surface area contributed by atoms with Gasteiger partial charge in [-0.1, -0.05) is 60.4 Å². The second-order valence-electron chi connectivity index (χ2n) is 6.47. The van der Waals surface area contributed by atoms with Crippen molar-refractivity contribution in [1.82, 2.24) is 4.90 Å². The number of hydrogen-bond acceptors (Lipinski definition) is 6. The summed E-state index contributed by atoms with van der Waals surface area (Å²) in [6.45, 7) is 0.580. The number of nitrogens with zero attached hydrogens (tertiary/aromatic N) is 1. The molecule has 156 valence electrons. The third-order valence-corrected chi connectivity index (χ3v) is 5.78. The Kier molecular flexibility index (Phi) is 7.48. The number of thiocarbonyl (C=S) groups is 1. The molecule has 0 saturated carbocycles. The van der Waals surface area contributed by atoms with E-state index in [4.69, 9.17) is 26.8 Å². The molecule has 6 nitrogen and oxygen atoms in total. The molecule has 0 spiro atoms. The average molecular weight is 444 g/mol. The van der Waals surface area contributed by atoms with E-state index in [2.05, 4.69) is 0 Å². The number of aliphatic carboxylic acids is 1. The lowest BCUT2D eigenvalue weighted by Crippen LogP contribution is -2.30. The number of carbonyl (C=O) groups is 2. The summed E-state index contributed by atoms with van der Waals surface area (Å²) in [5, 5.41) is 8.72. The zero-order valence-electron chi connectivity index (χ0n) is 16.4. The van der Waals surface area contributed by atoms with E-state index in [1.807, 2.05) is 30.3 Å². The van der Waals surface area contributed by atoms with Gasteiger partial charge in [0.2, 0.25) is 0 Å². The Morgan fingerprint density at radius 1 is 1.20 bits per heavy atom. The number of carboxylic acids is 1. The topological polar surface area (TPSA) is 76.1 Å². The van der Waals surface area contributed by atoms with Crippen LogP contribution in [0.4, 0.5) is 0 Å². The van der Waals surface area contributed by atoms with E-state index >= 15 is 0 Å². The first-order valence-corrected chi connectivity index (χ1v) is 10.5. The standard InChI is InChI=1S/C22H21NO5S2/c1-27-18-13-16(7-8-17(18)28-12-10-20(24)25)14-19-21(26)23(22(29)30-19)11-9-15-5-3-2-4-6-15/h2-8,13-14H,9-12H2,1H3,(H,24,25)/b19-14+. The number of hydrogen-bond donors (Lipinski definition) is 1. The van der Waals surface area contributed by atoms with E-state index in [0.29, 0.717) is 27.3 Å². The van der Waals surface area contributed by atoms with Crippen LogP contribution in [0.25, 0.3) is 6.08 Å². The van der Waals surface area contributed by atoms with Crippen molar-refractivity contribution >= 4 is 46.3 Å². The first-order chi connectivity index (χ1) is 14.5. The lowest BCUT2D eigenvalue weighted by molar-refractivity contribution is -0.137. The quantitative estimate of drug-likeness (QED) is 0.464. The summed E-state index contributed by atoms with van der Waals surface area (Å²) < 4.78 is 11.3. The van der Waals surface area contributed by atoms with E-state index in [0.717, 1.165) is 17.5 Å². The Labute approximate surface area is 184 Å². The smallest absolute Gasteiger partial charge is 0.306 e. The van der Waals surface area contributed by atoms with Gasteiger partial charge in [-0.05, 0) is 35.8 Å². The first kappa shape index (κ1) is 21.9. The van der Waals surface area contributed by atoms with Crippen LogP contribution in [0.2, 0.25) is 0 Å². The molecule has 1 aliphatic rings. The van der Waals surface area contributed by atoms with Gasteiger partial charge in [0, 0.05) is 6.54 Å². The fourth-order valence-electron chi connectivity index (χ4n) is 2.87. The maximum atomic E-state index is 12.8. The summed E-state index contributed by atoms with van der Waals surface area (Å²) >= 11 is 6.68. The molecular formula is C22H21NO5S2. The van der Waals surface area contributed by atoms with Crippen molar-refractivity contribution in [3.8, 4) is 11.5 Å². The highest BCUT2D eigenvalue weighted by atomic mass is 32.2. The molecule has 1 amide bonds. The van der Waals surface area contributed by atoms with Gasteiger partial charge in [-0.15, -0.1) is 0 Å². The van der Waals surface area contributed by atoms with Crippen LogP contribution in [0.1, 0.15) is 17.5 Å². The van der Waals surface area contributed by atoms with Crippen molar-refractivity contribution in [1.29, 1.82) is 0 Å². The minimum atomic E-state index is -0.931. The SMILES string of the molecule is COc1cc(/C=C2/SC(=S)N(CCc3ccccc3)C2=O)ccc1OCCC(=O)O. The molecule has 2 aromatic carbocycles. The normalized spacial score (nSPS) is 15.0. The molecule has 0 atom stereocenters. The van der Waals surface area contributed by atoms with E-state index in [1.165, 1.54) is 18.9 Å². The highest BCUT2D eigenvalue weighted by Gasteiger charge is 2.31. The molecule has 1 heterocycles. The van der Waals surface area contributed by atoms with E-state index in [9.17, 15) is 9.59 Å². The summed E-state index contributed by atoms with van der Waals surface area (Å²) in [7, 11) is 1.51. The number of carboxylic acid groups (broad SMARTS) is 1. The van der Waals surface area contributed by atoms with Gasteiger partial charge in [0.25, 0.3) is 5.91 Å². The molecule has 30 heavy (non-hydrogen) atoms. The maximum absolute atomic E-state index is 12.8. The number of carbonyl (C=O) groups excluding carboxylic acids is 1. The Morgan fingerprint density at radius 2 is 1.97 bits per heavy atom. The molecule has 1 fully saturated rings. The van der Waals surface area contributed by atoms with E-state index in [1.54, 1.807) is 29.2 Å². The summed E-state index contributed by atoms with van der Waals surface area (Å²) in [5.74, 6) is -0.124.